The van der Waals surface area contributed by atoms with Gasteiger partial charge in [0.05, 0.1) is 74.7 Å². The van der Waals surface area contributed by atoms with Gasteiger partial charge in [0.2, 0.25) is 5.91 Å². The van der Waals surface area contributed by atoms with Crippen molar-refractivity contribution in [3.8, 4) is 0 Å². The lowest BCUT2D eigenvalue weighted by molar-refractivity contribution is -0.140. The summed E-state index contributed by atoms with van der Waals surface area (Å²) in [6, 6.07) is -2.57. The number of aliphatic hydroxyl groups is 6. The van der Waals surface area contributed by atoms with E-state index >= 15 is 0 Å². The Hall–Kier alpha value is -0.950. The molecule has 3 amide bonds. The Labute approximate surface area is 251 Å². The third-order valence-electron chi connectivity index (χ3n) is 5.09. The second-order valence-electron chi connectivity index (χ2n) is 7.59. The minimum Gasteiger partial charge on any atom is -0.481 e. The van der Waals surface area contributed by atoms with Crippen molar-refractivity contribution in [3.63, 3.8) is 0 Å². The highest BCUT2D eigenvalue weighted by atomic mass is 127. The fourth-order valence-corrected chi connectivity index (χ4v) is 7.85. The SMILES string of the molecule is CN(C(=O)CC(=O)O)c1c(I)c(C(=O)NC(CO)C(O)CO)c(I)c(C(=O)NC(CO)C(O)CO)c1I. The van der Waals surface area contributed by atoms with E-state index < -0.39 is 80.8 Å². The first kappa shape index (κ1) is 34.1. The quantitative estimate of drug-likeness (QED) is 0.0765. The van der Waals surface area contributed by atoms with E-state index in [-0.39, 0.29) is 27.5 Å². The summed E-state index contributed by atoms with van der Waals surface area (Å²) < 4.78 is 0.312. The van der Waals surface area contributed by atoms with Crippen molar-refractivity contribution in [3.05, 3.63) is 21.8 Å². The molecule has 0 spiro atoms. The third-order valence-corrected chi connectivity index (χ3v) is 8.27. The number of aliphatic carboxylic acids is 1. The predicted octanol–water partition coefficient (Wildman–Crippen LogP) is -2.17. The van der Waals surface area contributed by atoms with Crippen molar-refractivity contribution >= 4 is 97.2 Å². The number of aliphatic hydroxyl groups excluding tert-OH is 6. The Bertz CT molecular complexity index is 968. The predicted molar refractivity (Wildman–Crippen MR) is 153 cm³/mol. The average molecular weight is 865 g/mol. The molecule has 4 atom stereocenters. The van der Waals surface area contributed by atoms with Crippen LogP contribution in [0, 0.1) is 10.7 Å². The van der Waals surface area contributed by atoms with Gasteiger partial charge in [-0.1, -0.05) is 0 Å². The molecule has 1 aromatic rings. The maximum absolute atomic E-state index is 13.2. The number of carboxylic acid groups (broad SMARTS) is 1. The van der Waals surface area contributed by atoms with Crippen LogP contribution in [0.1, 0.15) is 27.1 Å². The highest BCUT2D eigenvalue weighted by Gasteiger charge is 2.33. The smallest absolute Gasteiger partial charge is 0.312 e. The number of rotatable bonds is 13. The average Bonchev–Trinajstić information content (AvgIpc) is 2.83. The summed E-state index contributed by atoms with van der Waals surface area (Å²) in [4.78, 5) is 51.1. The van der Waals surface area contributed by atoms with E-state index in [1.54, 1.807) is 67.8 Å². The number of nitrogens with zero attached hydrogens (tertiary/aromatic N) is 1. The van der Waals surface area contributed by atoms with Gasteiger partial charge in [-0.15, -0.1) is 0 Å². The van der Waals surface area contributed by atoms with Gasteiger partial charge in [0.25, 0.3) is 11.8 Å². The van der Waals surface area contributed by atoms with Gasteiger partial charge in [-0.05, 0) is 67.8 Å². The highest BCUT2D eigenvalue weighted by Crippen LogP contribution is 2.38. The summed E-state index contributed by atoms with van der Waals surface area (Å²) in [5, 5.41) is 70.9. The number of benzene rings is 1. The number of carboxylic acids is 1. The highest BCUT2D eigenvalue weighted by molar-refractivity contribution is 14.1. The Balaban J connectivity index is 3.80. The second-order valence-corrected chi connectivity index (χ2v) is 10.8. The lowest BCUT2D eigenvalue weighted by atomic mass is 10.0. The molecule has 14 nitrogen and oxygen atoms in total. The van der Waals surface area contributed by atoms with Crippen LogP contribution < -0.4 is 15.5 Å². The first-order valence-corrected chi connectivity index (χ1v) is 13.6. The Morgan fingerprint density at radius 3 is 1.43 bits per heavy atom. The van der Waals surface area contributed by atoms with Crippen LogP contribution in [0.4, 0.5) is 5.69 Å². The molecule has 0 fully saturated rings. The Morgan fingerprint density at radius 1 is 0.757 bits per heavy atom. The van der Waals surface area contributed by atoms with Crippen molar-refractivity contribution < 1.29 is 54.9 Å². The molecular formula is C20H26I3N3O11. The zero-order valence-corrected chi connectivity index (χ0v) is 25.7. The molecule has 9 N–H and O–H groups in total. The van der Waals surface area contributed by atoms with Crippen molar-refractivity contribution in [1.29, 1.82) is 0 Å². The van der Waals surface area contributed by atoms with E-state index in [1.165, 1.54) is 7.05 Å². The summed E-state index contributed by atoms with van der Waals surface area (Å²) in [7, 11) is 1.25. The van der Waals surface area contributed by atoms with Gasteiger partial charge in [0, 0.05) is 10.6 Å². The van der Waals surface area contributed by atoms with E-state index in [4.69, 9.17) is 5.11 Å². The van der Waals surface area contributed by atoms with E-state index in [0.717, 1.165) is 4.90 Å². The van der Waals surface area contributed by atoms with Gasteiger partial charge >= 0.3 is 5.97 Å². The molecule has 0 heterocycles. The Morgan fingerprint density at radius 2 is 1.14 bits per heavy atom. The van der Waals surface area contributed by atoms with Crippen molar-refractivity contribution in [2.75, 3.05) is 38.4 Å². The third kappa shape index (κ3) is 8.52. The Kier molecular flexibility index (Phi) is 14.4. The van der Waals surface area contributed by atoms with E-state index in [9.17, 15) is 49.8 Å². The maximum atomic E-state index is 13.2. The molecule has 0 bridgehead atoms. The molecule has 0 aliphatic rings. The second kappa shape index (κ2) is 15.6. The zero-order chi connectivity index (χ0) is 28.6. The minimum atomic E-state index is -1.51. The molecule has 17 heteroatoms. The molecule has 0 saturated carbocycles. The van der Waals surface area contributed by atoms with Gasteiger partial charge in [-0.25, -0.2) is 0 Å². The largest absolute Gasteiger partial charge is 0.481 e. The van der Waals surface area contributed by atoms with Crippen LogP contribution >= 0.6 is 67.8 Å². The molecular weight excluding hydrogens is 839 g/mol. The molecule has 4 unspecified atom stereocenters. The molecule has 1 aromatic carbocycles. The van der Waals surface area contributed by atoms with Gasteiger partial charge in [-0.2, -0.15) is 0 Å². The minimum absolute atomic E-state index is 0.00896. The first-order valence-electron chi connectivity index (χ1n) is 10.4. The van der Waals surface area contributed by atoms with Gasteiger partial charge in [0.15, 0.2) is 0 Å². The van der Waals surface area contributed by atoms with Gasteiger partial charge in [0.1, 0.15) is 6.42 Å². The van der Waals surface area contributed by atoms with Crippen LogP contribution in [0.3, 0.4) is 0 Å². The van der Waals surface area contributed by atoms with Crippen molar-refractivity contribution in [2.24, 2.45) is 0 Å². The molecule has 0 aliphatic heterocycles. The normalized spacial score (nSPS) is 14.3. The van der Waals surface area contributed by atoms with Crippen LogP contribution in [0.15, 0.2) is 0 Å². The van der Waals surface area contributed by atoms with Crippen LogP contribution in [-0.2, 0) is 9.59 Å². The number of carbonyl (C=O) groups is 4. The summed E-state index contributed by atoms with van der Waals surface area (Å²) in [6.45, 7) is -3.01. The zero-order valence-electron chi connectivity index (χ0n) is 19.2. The van der Waals surface area contributed by atoms with Crippen LogP contribution in [-0.4, -0.2) is 117 Å². The lowest BCUT2D eigenvalue weighted by Crippen LogP contribution is -2.49. The number of hydrogen-bond donors (Lipinski definition) is 9. The first-order chi connectivity index (χ1) is 17.3. The lowest BCUT2D eigenvalue weighted by Gasteiger charge is -2.27. The number of nitrogens with one attached hydrogen (secondary N) is 2. The van der Waals surface area contributed by atoms with Gasteiger partial charge in [-0.3, -0.25) is 19.2 Å². The molecule has 37 heavy (non-hydrogen) atoms. The van der Waals surface area contributed by atoms with E-state index in [2.05, 4.69) is 10.6 Å². The molecule has 0 saturated heterocycles. The van der Waals surface area contributed by atoms with E-state index in [1.807, 2.05) is 0 Å². The van der Waals surface area contributed by atoms with Crippen LogP contribution in [0.25, 0.3) is 0 Å². The molecule has 0 radical (unpaired) electrons. The standard InChI is InChI=1S/C20H26I3N3O11/c1-26(11(33)2-12(34)35)18-16(22)13(19(36)24-7(3-27)9(31)5-29)15(21)14(17(18)23)20(37)25-8(4-28)10(32)6-30/h7-10,27-32H,2-6H2,1H3,(H,24,36)(H,25,37)(H,34,35). The van der Waals surface area contributed by atoms with Gasteiger partial charge < -0.3 is 51.3 Å². The maximum Gasteiger partial charge on any atom is 0.312 e. The fourth-order valence-electron chi connectivity index (χ4n) is 2.98. The summed E-state index contributed by atoms with van der Waals surface area (Å²) in [5.41, 5.74) is -0.318. The molecule has 208 valence electrons. The fraction of sp³-hybridized carbons (Fsp3) is 0.500. The van der Waals surface area contributed by atoms with Crippen LogP contribution in [0.2, 0.25) is 0 Å². The topological polar surface area (TPSA) is 237 Å². The van der Waals surface area contributed by atoms with Crippen LogP contribution in [0.5, 0.6) is 0 Å². The molecule has 0 aliphatic carbocycles. The summed E-state index contributed by atoms with van der Waals surface area (Å²) in [6.07, 6.45) is -3.91. The molecule has 1 rings (SSSR count). The monoisotopic (exact) mass is 865 g/mol. The van der Waals surface area contributed by atoms with E-state index in [0.29, 0.717) is 0 Å². The number of hydrogen-bond acceptors (Lipinski definition) is 10. The summed E-state index contributed by atoms with van der Waals surface area (Å²) in [5.74, 6) is -4.05. The summed E-state index contributed by atoms with van der Waals surface area (Å²) >= 11 is 5.16. The number of carbonyl (C=O) groups excluding carboxylic acids is 3. The number of halogens is 3. The number of amides is 3. The van der Waals surface area contributed by atoms with Crippen molar-refractivity contribution in [1.82, 2.24) is 10.6 Å². The molecule has 0 aromatic heterocycles. The number of anilines is 1. The van der Waals surface area contributed by atoms with Crippen molar-refractivity contribution in [2.45, 2.75) is 30.7 Å².